The lowest BCUT2D eigenvalue weighted by molar-refractivity contribution is 0.102. The number of thioether (sulfide) groups is 1. The van der Waals surface area contributed by atoms with E-state index in [1.54, 1.807) is 12.1 Å². The Labute approximate surface area is 175 Å². The third-order valence-corrected chi connectivity index (χ3v) is 5.69. The summed E-state index contributed by atoms with van der Waals surface area (Å²) in [6, 6.07) is 13.6. The number of benzene rings is 2. The molecule has 0 saturated heterocycles. The second-order valence-electron chi connectivity index (χ2n) is 7.67. The molecular formula is C23H25N3O2S. The Morgan fingerprint density at radius 2 is 1.79 bits per heavy atom. The molecule has 2 aromatic carbocycles. The number of aromatic nitrogens is 2. The molecule has 1 aliphatic rings. The van der Waals surface area contributed by atoms with Crippen LogP contribution in [0.2, 0.25) is 0 Å². The number of fused-ring (bicyclic) bond motifs is 1. The van der Waals surface area contributed by atoms with Gasteiger partial charge in [-0.05, 0) is 75.2 Å². The highest BCUT2D eigenvalue weighted by Gasteiger charge is 2.25. The van der Waals surface area contributed by atoms with Gasteiger partial charge in [0.25, 0.3) is 5.91 Å². The van der Waals surface area contributed by atoms with Gasteiger partial charge in [-0.1, -0.05) is 6.07 Å². The topological polar surface area (TPSA) is 56.2 Å². The van der Waals surface area contributed by atoms with Crippen molar-refractivity contribution < 1.29 is 9.53 Å². The van der Waals surface area contributed by atoms with E-state index in [4.69, 9.17) is 9.84 Å². The predicted molar refractivity (Wildman–Crippen MR) is 118 cm³/mol. The molecule has 0 atom stereocenters. The van der Waals surface area contributed by atoms with E-state index < -0.39 is 0 Å². The van der Waals surface area contributed by atoms with E-state index >= 15 is 0 Å². The van der Waals surface area contributed by atoms with Gasteiger partial charge in [0.2, 0.25) is 0 Å². The fraction of sp³-hybridized carbons (Fsp3) is 0.304. The number of amides is 1. The summed E-state index contributed by atoms with van der Waals surface area (Å²) in [6.45, 7) is 8.10. The third kappa shape index (κ3) is 4.17. The van der Waals surface area contributed by atoms with Crippen molar-refractivity contribution in [2.24, 2.45) is 0 Å². The molecule has 0 radical (unpaired) electrons. The van der Waals surface area contributed by atoms with Crippen LogP contribution in [-0.4, -0.2) is 21.8 Å². The number of ether oxygens (including phenoxy) is 1. The molecule has 6 heteroatoms. The van der Waals surface area contributed by atoms with Gasteiger partial charge in [-0.25, -0.2) is 4.68 Å². The molecule has 1 N–H and O–H groups in total. The van der Waals surface area contributed by atoms with Gasteiger partial charge in [-0.3, -0.25) is 4.79 Å². The van der Waals surface area contributed by atoms with Gasteiger partial charge < -0.3 is 10.1 Å². The van der Waals surface area contributed by atoms with E-state index in [0.717, 1.165) is 40.0 Å². The van der Waals surface area contributed by atoms with Crippen LogP contribution in [0.5, 0.6) is 5.75 Å². The molecule has 4 rings (SSSR count). The standard InChI is InChI=1S/C23H25N3O2S/c1-14(2)28-19-7-5-17(6-8-19)23(27)24-22-20-12-29-13-21(20)25-26(22)18-10-15(3)9-16(4)11-18/h5-11,14H,12-13H2,1-4H3,(H,24,27). The Kier molecular flexibility index (Phi) is 5.37. The Morgan fingerprint density at radius 3 is 2.45 bits per heavy atom. The zero-order valence-electron chi connectivity index (χ0n) is 17.2. The highest BCUT2D eigenvalue weighted by atomic mass is 32.2. The molecule has 1 amide bonds. The molecule has 3 aromatic rings. The highest BCUT2D eigenvalue weighted by Crippen LogP contribution is 2.36. The number of aryl methyl sites for hydroxylation is 2. The lowest BCUT2D eigenvalue weighted by Gasteiger charge is -2.13. The smallest absolute Gasteiger partial charge is 0.256 e. The lowest BCUT2D eigenvalue weighted by Crippen LogP contribution is -2.16. The Bertz CT molecular complexity index is 1030. The summed E-state index contributed by atoms with van der Waals surface area (Å²) < 4.78 is 7.54. The Hall–Kier alpha value is -2.73. The monoisotopic (exact) mass is 407 g/mol. The maximum Gasteiger partial charge on any atom is 0.256 e. The first-order chi connectivity index (χ1) is 13.9. The zero-order valence-corrected chi connectivity index (χ0v) is 18.0. The SMILES string of the molecule is Cc1cc(C)cc(-n2nc3c(c2NC(=O)c2ccc(OC(C)C)cc2)CSC3)c1. The lowest BCUT2D eigenvalue weighted by atomic mass is 10.1. The average molecular weight is 408 g/mol. The number of hydrogen-bond acceptors (Lipinski definition) is 4. The summed E-state index contributed by atoms with van der Waals surface area (Å²) in [6.07, 6.45) is 0.0990. The van der Waals surface area contributed by atoms with Crippen molar-refractivity contribution in [1.29, 1.82) is 0 Å². The number of nitrogens with zero attached hydrogens (tertiary/aromatic N) is 2. The number of rotatable bonds is 5. The second-order valence-corrected chi connectivity index (χ2v) is 8.66. The summed E-state index contributed by atoms with van der Waals surface area (Å²) >= 11 is 1.82. The Morgan fingerprint density at radius 1 is 1.10 bits per heavy atom. The van der Waals surface area contributed by atoms with E-state index in [9.17, 15) is 4.79 Å². The van der Waals surface area contributed by atoms with Gasteiger partial charge in [0.15, 0.2) is 0 Å². The van der Waals surface area contributed by atoms with Crippen LogP contribution < -0.4 is 10.1 Å². The first-order valence-corrected chi connectivity index (χ1v) is 10.9. The van der Waals surface area contributed by atoms with E-state index in [1.807, 2.05) is 42.4 Å². The average Bonchev–Trinajstić information content (AvgIpc) is 3.23. The molecular weight excluding hydrogens is 382 g/mol. The van der Waals surface area contributed by atoms with Gasteiger partial charge in [0.05, 0.1) is 17.5 Å². The van der Waals surface area contributed by atoms with Crippen molar-refractivity contribution in [1.82, 2.24) is 9.78 Å². The van der Waals surface area contributed by atoms with Gasteiger partial charge >= 0.3 is 0 Å². The van der Waals surface area contributed by atoms with E-state index in [-0.39, 0.29) is 12.0 Å². The molecule has 1 aliphatic heterocycles. The van der Waals surface area contributed by atoms with Crippen molar-refractivity contribution in [3.8, 4) is 11.4 Å². The van der Waals surface area contributed by atoms with Crippen LogP contribution in [0.4, 0.5) is 5.82 Å². The van der Waals surface area contributed by atoms with Crippen molar-refractivity contribution in [2.45, 2.75) is 45.3 Å². The maximum absolute atomic E-state index is 13.0. The third-order valence-electron chi connectivity index (χ3n) is 4.72. The van der Waals surface area contributed by atoms with Gasteiger partial charge in [-0.15, -0.1) is 0 Å². The van der Waals surface area contributed by atoms with Crippen LogP contribution in [-0.2, 0) is 11.5 Å². The largest absolute Gasteiger partial charge is 0.491 e. The molecule has 150 valence electrons. The fourth-order valence-electron chi connectivity index (χ4n) is 3.54. The number of carbonyl (C=O) groups excluding carboxylic acids is 1. The minimum atomic E-state index is -0.147. The van der Waals surface area contributed by atoms with Gasteiger partial charge in [0.1, 0.15) is 11.6 Å². The normalized spacial score (nSPS) is 12.9. The molecule has 0 saturated carbocycles. The van der Waals surface area contributed by atoms with Crippen LogP contribution in [0.15, 0.2) is 42.5 Å². The Balaban J connectivity index is 1.65. The molecule has 0 spiro atoms. The van der Waals surface area contributed by atoms with Crippen molar-refractivity contribution in [3.63, 3.8) is 0 Å². The molecule has 0 unspecified atom stereocenters. The summed E-state index contributed by atoms with van der Waals surface area (Å²) in [5.41, 5.74) is 6.06. The number of hydrogen-bond donors (Lipinski definition) is 1. The van der Waals surface area contributed by atoms with Crippen molar-refractivity contribution >= 4 is 23.5 Å². The molecule has 5 nitrogen and oxygen atoms in total. The van der Waals surface area contributed by atoms with Crippen molar-refractivity contribution in [2.75, 3.05) is 5.32 Å². The summed E-state index contributed by atoms with van der Waals surface area (Å²) in [5, 5.41) is 7.91. The fourth-order valence-corrected chi connectivity index (χ4v) is 4.57. The number of nitrogens with one attached hydrogen (secondary N) is 1. The second kappa shape index (κ2) is 7.95. The van der Waals surface area contributed by atoms with E-state index in [1.165, 1.54) is 11.1 Å². The predicted octanol–water partition coefficient (Wildman–Crippen LogP) is 5.28. The van der Waals surface area contributed by atoms with Crippen LogP contribution in [0.1, 0.15) is 46.6 Å². The highest BCUT2D eigenvalue weighted by molar-refractivity contribution is 7.98. The van der Waals surface area contributed by atoms with Crippen LogP contribution in [0.3, 0.4) is 0 Å². The molecule has 29 heavy (non-hydrogen) atoms. The van der Waals surface area contributed by atoms with Crippen LogP contribution in [0, 0.1) is 13.8 Å². The van der Waals surface area contributed by atoms with Gasteiger partial charge in [0, 0.05) is 22.6 Å². The van der Waals surface area contributed by atoms with Gasteiger partial charge in [-0.2, -0.15) is 16.9 Å². The molecule has 2 heterocycles. The summed E-state index contributed by atoms with van der Waals surface area (Å²) in [7, 11) is 0. The molecule has 1 aromatic heterocycles. The molecule has 0 fully saturated rings. The first kappa shape index (κ1) is 19.6. The quantitative estimate of drug-likeness (QED) is 0.625. The minimum absolute atomic E-state index is 0.0990. The molecule has 0 aliphatic carbocycles. The molecule has 0 bridgehead atoms. The van der Waals surface area contributed by atoms with Crippen molar-refractivity contribution in [3.05, 3.63) is 70.4 Å². The number of carbonyl (C=O) groups is 1. The van der Waals surface area contributed by atoms with Crippen LogP contribution in [0.25, 0.3) is 5.69 Å². The van der Waals surface area contributed by atoms with Crippen LogP contribution >= 0.6 is 11.8 Å². The van der Waals surface area contributed by atoms with E-state index in [2.05, 4.69) is 37.4 Å². The first-order valence-electron chi connectivity index (χ1n) is 9.76. The number of anilines is 1. The summed E-state index contributed by atoms with van der Waals surface area (Å²) in [4.78, 5) is 13.0. The minimum Gasteiger partial charge on any atom is -0.491 e. The van der Waals surface area contributed by atoms with E-state index in [0.29, 0.717) is 5.56 Å². The maximum atomic E-state index is 13.0. The summed E-state index contributed by atoms with van der Waals surface area (Å²) in [5.74, 6) is 3.11. The zero-order chi connectivity index (χ0) is 20.5.